The molecule has 5 nitrogen and oxygen atoms in total. The average Bonchev–Trinajstić information content (AvgIpc) is 3.19. The molecule has 1 unspecified atom stereocenters. The van der Waals surface area contributed by atoms with E-state index in [0.29, 0.717) is 5.92 Å². The predicted octanol–water partition coefficient (Wildman–Crippen LogP) is 1.86. The van der Waals surface area contributed by atoms with Crippen molar-refractivity contribution in [2.75, 3.05) is 12.3 Å². The van der Waals surface area contributed by atoms with Crippen molar-refractivity contribution >= 4 is 11.8 Å². The minimum Gasteiger partial charge on any atom is -0.312 e. The Morgan fingerprint density at radius 3 is 3.05 bits per heavy atom. The van der Waals surface area contributed by atoms with E-state index in [-0.39, 0.29) is 0 Å². The van der Waals surface area contributed by atoms with Crippen LogP contribution < -0.4 is 5.32 Å². The number of thioether (sulfide) groups is 1. The van der Waals surface area contributed by atoms with E-state index in [0.717, 1.165) is 30.0 Å². The number of rotatable bonds is 7. The van der Waals surface area contributed by atoms with Crippen LogP contribution >= 0.6 is 11.8 Å². The highest BCUT2D eigenvalue weighted by atomic mass is 32.2. The zero-order valence-corrected chi connectivity index (χ0v) is 12.7. The number of hydrogen-bond donors (Lipinski definition) is 1. The van der Waals surface area contributed by atoms with E-state index in [1.54, 1.807) is 11.8 Å². The molecule has 21 heavy (non-hydrogen) atoms. The molecule has 2 aliphatic rings. The number of tetrazole rings is 1. The quantitative estimate of drug-likeness (QED) is 0.791. The van der Waals surface area contributed by atoms with Crippen molar-refractivity contribution in [3.05, 3.63) is 35.4 Å². The molecule has 0 spiro atoms. The van der Waals surface area contributed by atoms with Crippen LogP contribution in [0.2, 0.25) is 0 Å². The second-order valence-electron chi connectivity index (χ2n) is 5.82. The first-order chi connectivity index (χ1) is 10.4. The first-order valence-corrected chi connectivity index (χ1v) is 8.59. The molecule has 0 bridgehead atoms. The van der Waals surface area contributed by atoms with E-state index in [1.807, 2.05) is 4.68 Å². The molecular weight excluding hydrogens is 282 g/mol. The van der Waals surface area contributed by atoms with Gasteiger partial charge in [0.05, 0.1) is 6.54 Å². The largest absolute Gasteiger partial charge is 0.312 e. The van der Waals surface area contributed by atoms with Crippen LogP contribution in [0.1, 0.15) is 29.9 Å². The van der Waals surface area contributed by atoms with Gasteiger partial charge in [-0.25, -0.2) is 4.68 Å². The summed E-state index contributed by atoms with van der Waals surface area (Å²) in [6.07, 6.45) is 3.82. The maximum Gasteiger partial charge on any atom is 0.209 e. The normalized spacial score (nSPS) is 20.1. The number of fused-ring (bicyclic) bond motifs is 1. The lowest BCUT2D eigenvalue weighted by Gasteiger charge is -2.29. The van der Waals surface area contributed by atoms with E-state index < -0.39 is 0 Å². The van der Waals surface area contributed by atoms with Crippen molar-refractivity contribution in [3.63, 3.8) is 0 Å². The highest BCUT2D eigenvalue weighted by molar-refractivity contribution is 7.99. The molecule has 2 aromatic rings. The highest BCUT2D eigenvalue weighted by Gasteiger charge is 2.26. The molecule has 0 radical (unpaired) electrons. The van der Waals surface area contributed by atoms with Crippen LogP contribution in [0.3, 0.4) is 0 Å². The molecule has 110 valence electrons. The molecule has 1 aromatic heterocycles. The summed E-state index contributed by atoms with van der Waals surface area (Å²) in [4.78, 5) is 0. The monoisotopic (exact) mass is 301 g/mol. The fourth-order valence-electron chi connectivity index (χ4n) is 2.79. The summed E-state index contributed by atoms with van der Waals surface area (Å²) in [6.45, 7) is 1.81. The Hall–Kier alpha value is -1.40. The van der Waals surface area contributed by atoms with Gasteiger partial charge in [0.25, 0.3) is 0 Å². The van der Waals surface area contributed by atoms with E-state index in [2.05, 4.69) is 45.1 Å². The fraction of sp³-hybridized carbons (Fsp3) is 0.533. The Kier molecular flexibility index (Phi) is 3.65. The molecule has 1 heterocycles. The van der Waals surface area contributed by atoms with Crippen molar-refractivity contribution in [3.8, 4) is 0 Å². The third kappa shape index (κ3) is 2.96. The zero-order valence-electron chi connectivity index (χ0n) is 11.9. The standard InChI is InChI=1S/C15H19N5S/c1-2-4-14-11(3-1)9-12(14)10-21-15-17-18-19-20(15)8-7-16-13-5-6-13/h1-4,12-13,16H,5-10H2. The van der Waals surface area contributed by atoms with Gasteiger partial charge in [-0.1, -0.05) is 36.0 Å². The van der Waals surface area contributed by atoms with Gasteiger partial charge in [0.15, 0.2) is 0 Å². The van der Waals surface area contributed by atoms with Gasteiger partial charge in [-0.05, 0) is 46.7 Å². The Morgan fingerprint density at radius 2 is 2.19 bits per heavy atom. The molecule has 0 aliphatic heterocycles. The van der Waals surface area contributed by atoms with Gasteiger partial charge in [0.2, 0.25) is 5.16 Å². The Labute approximate surface area is 128 Å². The molecule has 1 atom stereocenters. The lowest BCUT2D eigenvalue weighted by Crippen LogP contribution is -2.23. The Bertz CT molecular complexity index is 622. The molecule has 6 heteroatoms. The minimum absolute atomic E-state index is 0.654. The smallest absolute Gasteiger partial charge is 0.209 e. The van der Waals surface area contributed by atoms with Crippen LogP contribution in [0.25, 0.3) is 0 Å². The maximum atomic E-state index is 4.15. The summed E-state index contributed by atoms with van der Waals surface area (Å²) in [5, 5.41) is 16.5. The van der Waals surface area contributed by atoms with Crippen molar-refractivity contribution in [2.24, 2.45) is 0 Å². The molecule has 0 amide bonds. The van der Waals surface area contributed by atoms with Crippen molar-refractivity contribution < 1.29 is 0 Å². The lowest BCUT2D eigenvalue weighted by atomic mass is 9.79. The second-order valence-corrected chi connectivity index (χ2v) is 6.81. The van der Waals surface area contributed by atoms with Gasteiger partial charge >= 0.3 is 0 Å². The Balaban J connectivity index is 1.30. The molecule has 4 rings (SSSR count). The number of nitrogens with zero attached hydrogens (tertiary/aromatic N) is 4. The highest BCUT2D eigenvalue weighted by Crippen LogP contribution is 2.38. The SMILES string of the molecule is c1ccc2c(c1)CC2CSc1nnnn1CCNC1CC1. The summed E-state index contributed by atoms with van der Waals surface area (Å²) < 4.78 is 1.92. The van der Waals surface area contributed by atoms with Gasteiger partial charge < -0.3 is 5.32 Å². The summed E-state index contributed by atoms with van der Waals surface area (Å²) >= 11 is 1.77. The lowest BCUT2D eigenvalue weighted by molar-refractivity contribution is 0.509. The van der Waals surface area contributed by atoms with Crippen molar-refractivity contribution in [1.29, 1.82) is 0 Å². The molecule has 1 fully saturated rings. The van der Waals surface area contributed by atoms with E-state index in [1.165, 1.54) is 30.4 Å². The molecule has 2 aliphatic carbocycles. The number of benzene rings is 1. The predicted molar refractivity (Wildman–Crippen MR) is 82.5 cm³/mol. The maximum absolute atomic E-state index is 4.15. The third-order valence-electron chi connectivity index (χ3n) is 4.21. The summed E-state index contributed by atoms with van der Waals surface area (Å²) in [5.41, 5.74) is 3.00. The fourth-order valence-corrected chi connectivity index (χ4v) is 3.81. The van der Waals surface area contributed by atoms with Gasteiger partial charge in [0.1, 0.15) is 0 Å². The van der Waals surface area contributed by atoms with Crippen LogP contribution in [0.4, 0.5) is 0 Å². The number of aromatic nitrogens is 4. The van der Waals surface area contributed by atoms with Crippen LogP contribution in [0, 0.1) is 0 Å². The van der Waals surface area contributed by atoms with Crippen LogP contribution in [-0.2, 0) is 13.0 Å². The van der Waals surface area contributed by atoms with Crippen molar-refractivity contribution in [1.82, 2.24) is 25.5 Å². The summed E-state index contributed by atoms with van der Waals surface area (Å²) in [6, 6.07) is 9.46. The van der Waals surface area contributed by atoms with Gasteiger partial charge in [0, 0.05) is 18.3 Å². The second kappa shape index (κ2) is 5.77. The topological polar surface area (TPSA) is 55.6 Å². The number of hydrogen-bond acceptors (Lipinski definition) is 5. The molecule has 1 N–H and O–H groups in total. The van der Waals surface area contributed by atoms with E-state index in [9.17, 15) is 0 Å². The van der Waals surface area contributed by atoms with Gasteiger partial charge in [-0.15, -0.1) is 5.10 Å². The van der Waals surface area contributed by atoms with Crippen molar-refractivity contribution in [2.45, 2.75) is 42.9 Å². The first kappa shape index (κ1) is 13.3. The average molecular weight is 301 g/mol. The summed E-state index contributed by atoms with van der Waals surface area (Å²) in [7, 11) is 0. The first-order valence-electron chi connectivity index (χ1n) is 7.60. The van der Waals surface area contributed by atoms with Crippen LogP contribution in [0.15, 0.2) is 29.4 Å². The van der Waals surface area contributed by atoms with Crippen LogP contribution in [0.5, 0.6) is 0 Å². The van der Waals surface area contributed by atoms with Crippen LogP contribution in [-0.4, -0.2) is 38.5 Å². The summed E-state index contributed by atoms with van der Waals surface area (Å²) in [5.74, 6) is 1.72. The van der Waals surface area contributed by atoms with Gasteiger partial charge in [-0.3, -0.25) is 0 Å². The van der Waals surface area contributed by atoms with E-state index >= 15 is 0 Å². The number of nitrogens with one attached hydrogen (secondary N) is 1. The minimum atomic E-state index is 0.654. The Morgan fingerprint density at radius 1 is 1.29 bits per heavy atom. The third-order valence-corrected chi connectivity index (χ3v) is 5.33. The molecule has 1 aromatic carbocycles. The molecule has 0 saturated heterocycles. The van der Waals surface area contributed by atoms with Gasteiger partial charge in [-0.2, -0.15) is 0 Å². The molecular formula is C15H19N5S. The molecule has 1 saturated carbocycles. The zero-order chi connectivity index (χ0) is 14.1. The van der Waals surface area contributed by atoms with E-state index in [4.69, 9.17) is 0 Å².